The van der Waals surface area contributed by atoms with Crippen molar-refractivity contribution in [2.24, 2.45) is 0 Å². The van der Waals surface area contributed by atoms with Crippen LogP contribution >= 0.6 is 0 Å². The van der Waals surface area contributed by atoms with Crippen molar-refractivity contribution < 1.29 is 4.74 Å². The van der Waals surface area contributed by atoms with Crippen LogP contribution in [0.15, 0.2) is 42.5 Å². The van der Waals surface area contributed by atoms with Crippen molar-refractivity contribution in [1.82, 2.24) is 4.98 Å². The topological polar surface area (TPSA) is 48.1 Å². The second-order valence-electron chi connectivity index (χ2n) is 6.20. The standard InChI is InChI=1S/C20H20N2O/c1-13-6-2-5-9-19(13)23-14-10-11-18-16(12-14)20(21)15-7-3-4-8-17(15)22-18/h2,5-6,9-12H,3-4,7-8H2,1H3,(H2,21,22). The van der Waals surface area contributed by atoms with E-state index in [1.807, 2.05) is 49.4 Å². The van der Waals surface area contributed by atoms with Gasteiger partial charge >= 0.3 is 0 Å². The van der Waals surface area contributed by atoms with Crippen LogP contribution in [0.2, 0.25) is 0 Å². The number of hydrogen-bond acceptors (Lipinski definition) is 3. The number of ether oxygens (including phenoxy) is 1. The number of anilines is 1. The van der Waals surface area contributed by atoms with Gasteiger partial charge in [-0.3, -0.25) is 4.98 Å². The molecule has 23 heavy (non-hydrogen) atoms. The summed E-state index contributed by atoms with van der Waals surface area (Å²) in [7, 11) is 0. The molecular weight excluding hydrogens is 284 g/mol. The van der Waals surface area contributed by atoms with Crippen LogP contribution in [0.5, 0.6) is 11.5 Å². The molecule has 3 heteroatoms. The Morgan fingerprint density at radius 3 is 2.74 bits per heavy atom. The van der Waals surface area contributed by atoms with E-state index in [2.05, 4.69) is 0 Å². The van der Waals surface area contributed by atoms with Gasteiger partial charge in [-0.15, -0.1) is 0 Å². The first-order chi connectivity index (χ1) is 11.2. The van der Waals surface area contributed by atoms with Crippen LogP contribution in [-0.4, -0.2) is 4.98 Å². The molecule has 3 nitrogen and oxygen atoms in total. The summed E-state index contributed by atoms with van der Waals surface area (Å²) in [5, 5.41) is 0.997. The Balaban J connectivity index is 1.78. The second-order valence-corrected chi connectivity index (χ2v) is 6.20. The van der Waals surface area contributed by atoms with E-state index >= 15 is 0 Å². The predicted molar refractivity (Wildman–Crippen MR) is 94.1 cm³/mol. The minimum atomic E-state index is 0.802. The molecular formula is C20H20N2O. The van der Waals surface area contributed by atoms with Crippen molar-refractivity contribution in [2.75, 3.05) is 5.73 Å². The minimum absolute atomic E-state index is 0.802. The van der Waals surface area contributed by atoms with E-state index in [0.29, 0.717) is 0 Å². The number of para-hydroxylation sites is 1. The second kappa shape index (κ2) is 5.58. The highest BCUT2D eigenvalue weighted by molar-refractivity contribution is 5.93. The number of aryl methyl sites for hydroxylation is 2. The first-order valence-corrected chi connectivity index (χ1v) is 8.17. The highest BCUT2D eigenvalue weighted by Gasteiger charge is 2.16. The summed E-state index contributed by atoms with van der Waals surface area (Å²) in [4.78, 5) is 4.81. The summed E-state index contributed by atoms with van der Waals surface area (Å²) >= 11 is 0. The molecule has 0 amide bonds. The first-order valence-electron chi connectivity index (χ1n) is 8.17. The lowest BCUT2D eigenvalue weighted by molar-refractivity contribution is 0.479. The fourth-order valence-electron chi connectivity index (χ4n) is 3.30. The number of nitrogen functional groups attached to an aromatic ring is 1. The van der Waals surface area contributed by atoms with Gasteiger partial charge < -0.3 is 10.5 Å². The van der Waals surface area contributed by atoms with E-state index in [1.165, 1.54) is 24.1 Å². The molecule has 0 radical (unpaired) electrons. The number of nitrogens with zero attached hydrogens (tertiary/aromatic N) is 1. The number of aromatic nitrogens is 1. The van der Waals surface area contributed by atoms with Gasteiger partial charge in [0.05, 0.1) is 5.52 Å². The molecule has 0 aliphatic heterocycles. The normalized spacial score (nSPS) is 13.8. The molecule has 2 N–H and O–H groups in total. The number of hydrogen-bond donors (Lipinski definition) is 1. The zero-order valence-electron chi connectivity index (χ0n) is 13.3. The molecule has 1 aliphatic rings. The van der Waals surface area contributed by atoms with E-state index in [4.69, 9.17) is 15.5 Å². The Morgan fingerprint density at radius 1 is 1.04 bits per heavy atom. The van der Waals surface area contributed by atoms with Gasteiger partial charge in [0.25, 0.3) is 0 Å². The van der Waals surface area contributed by atoms with Crippen LogP contribution in [0, 0.1) is 6.92 Å². The van der Waals surface area contributed by atoms with Crippen molar-refractivity contribution in [1.29, 1.82) is 0 Å². The quantitative estimate of drug-likeness (QED) is 0.740. The van der Waals surface area contributed by atoms with Crippen LogP contribution in [0.4, 0.5) is 5.69 Å². The molecule has 2 aromatic carbocycles. The van der Waals surface area contributed by atoms with Crippen LogP contribution in [0.1, 0.15) is 29.7 Å². The molecule has 0 atom stereocenters. The zero-order chi connectivity index (χ0) is 15.8. The fraction of sp³-hybridized carbons (Fsp3) is 0.250. The van der Waals surface area contributed by atoms with Gasteiger partial charge in [0, 0.05) is 16.8 Å². The fourth-order valence-corrected chi connectivity index (χ4v) is 3.30. The molecule has 0 spiro atoms. The Hall–Kier alpha value is -2.55. The molecule has 0 saturated carbocycles. The molecule has 0 unspecified atom stereocenters. The predicted octanol–water partition coefficient (Wildman–Crippen LogP) is 4.80. The molecule has 1 aliphatic carbocycles. The lowest BCUT2D eigenvalue weighted by Gasteiger charge is -2.19. The SMILES string of the molecule is Cc1ccccc1Oc1ccc2nc3c(c(N)c2c1)CCCC3. The summed E-state index contributed by atoms with van der Waals surface area (Å²) in [6.07, 6.45) is 4.48. The average Bonchev–Trinajstić information content (AvgIpc) is 2.58. The summed E-state index contributed by atoms with van der Waals surface area (Å²) in [6.45, 7) is 2.04. The van der Waals surface area contributed by atoms with Gasteiger partial charge in [0.15, 0.2) is 0 Å². The Kier molecular flexibility index (Phi) is 3.41. The summed E-state index contributed by atoms with van der Waals surface area (Å²) in [6, 6.07) is 14.0. The van der Waals surface area contributed by atoms with Crippen LogP contribution in [0.25, 0.3) is 10.9 Å². The van der Waals surface area contributed by atoms with Crippen molar-refractivity contribution in [2.45, 2.75) is 32.6 Å². The molecule has 0 saturated heterocycles. The van der Waals surface area contributed by atoms with E-state index < -0.39 is 0 Å². The molecule has 4 rings (SSSR count). The van der Waals surface area contributed by atoms with Gasteiger partial charge in [0.2, 0.25) is 0 Å². The third kappa shape index (κ3) is 2.52. The minimum Gasteiger partial charge on any atom is -0.457 e. The van der Waals surface area contributed by atoms with Crippen LogP contribution < -0.4 is 10.5 Å². The Morgan fingerprint density at radius 2 is 1.87 bits per heavy atom. The number of benzene rings is 2. The maximum absolute atomic E-state index is 6.44. The lowest BCUT2D eigenvalue weighted by atomic mass is 9.93. The van der Waals surface area contributed by atoms with Gasteiger partial charge in [-0.1, -0.05) is 18.2 Å². The Bertz CT molecular complexity index is 886. The molecule has 3 aromatic rings. The van der Waals surface area contributed by atoms with Crippen molar-refractivity contribution in [3.05, 3.63) is 59.3 Å². The zero-order valence-corrected chi connectivity index (χ0v) is 13.3. The van der Waals surface area contributed by atoms with Gasteiger partial charge in [-0.05, 0) is 68.0 Å². The molecule has 1 aromatic heterocycles. The maximum atomic E-state index is 6.44. The van der Waals surface area contributed by atoms with E-state index in [-0.39, 0.29) is 0 Å². The maximum Gasteiger partial charge on any atom is 0.130 e. The average molecular weight is 304 g/mol. The molecule has 1 heterocycles. The van der Waals surface area contributed by atoms with Gasteiger partial charge in [0.1, 0.15) is 11.5 Å². The summed E-state index contributed by atoms with van der Waals surface area (Å²) in [5.74, 6) is 1.67. The number of fused-ring (bicyclic) bond motifs is 2. The van der Waals surface area contributed by atoms with Crippen LogP contribution in [-0.2, 0) is 12.8 Å². The highest BCUT2D eigenvalue weighted by Crippen LogP contribution is 2.34. The van der Waals surface area contributed by atoms with E-state index in [1.54, 1.807) is 0 Å². The van der Waals surface area contributed by atoms with Gasteiger partial charge in [-0.2, -0.15) is 0 Å². The van der Waals surface area contributed by atoms with Crippen LogP contribution in [0.3, 0.4) is 0 Å². The first kappa shape index (κ1) is 14.1. The molecule has 0 fully saturated rings. The van der Waals surface area contributed by atoms with Crippen molar-refractivity contribution in [3.63, 3.8) is 0 Å². The smallest absolute Gasteiger partial charge is 0.130 e. The number of rotatable bonds is 2. The number of nitrogens with two attached hydrogens (primary N) is 1. The largest absolute Gasteiger partial charge is 0.457 e. The monoisotopic (exact) mass is 304 g/mol. The third-order valence-electron chi connectivity index (χ3n) is 4.60. The van der Waals surface area contributed by atoms with Crippen molar-refractivity contribution >= 4 is 16.6 Å². The van der Waals surface area contributed by atoms with Gasteiger partial charge in [-0.25, -0.2) is 0 Å². The van der Waals surface area contributed by atoms with Crippen molar-refractivity contribution in [3.8, 4) is 11.5 Å². The molecule has 116 valence electrons. The highest BCUT2D eigenvalue weighted by atomic mass is 16.5. The summed E-state index contributed by atoms with van der Waals surface area (Å²) < 4.78 is 6.03. The lowest BCUT2D eigenvalue weighted by Crippen LogP contribution is -2.09. The number of pyridine rings is 1. The summed E-state index contributed by atoms with van der Waals surface area (Å²) in [5.41, 5.74) is 11.8. The van der Waals surface area contributed by atoms with E-state index in [9.17, 15) is 0 Å². The third-order valence-corrected chi connectivity index (χ3v) is 4.60. The molecule has 0 bridgehead atoms. The van der Waals surface area contributed by atoms with E-state index in [0.717, 1.165) is 46.5 Å². The Labute approximate surface area is 136 Å².